The molecule has 1 aliphatic carbocycles. The minimum Gasteiger partial charge on any atom is -0.496 e. The summed E-state index contributed by atoms with van der Waals surface area (Å²) < 4.78 is 28.9. The van der Waals surface area contributed by atoms with Crippen molar-refractivity contribution in [3.05, 3.63) is 29.3 Å². The third-order valence-electron chi connectivity index (χ3n) is 4.60. The normalized spacial score (nSPS) is 24.6. The highest BCUT2D eigenvalue weighted by atomic mass is 32.2. The summed E-state index contributed by atoms with van der Waals surface area (Å²) in [5.41, 5.74) is 8.50. The average molecular weight is 311 g/mol. The van der Waals surface area contributed by atoms with Gasteiger partial charge in [-0.1, -0.05) is 18.6 Å². The molecule has 0 amide bonds. The van der Waals surface area contributed by atoms with Gasteiger partial charge in [-0.15, -0.1) is 0 Å². The zero-order valence-corrected chi connectivity index (χ0v) is 13.8. The highest BCUT2D eigenvalue weighted by Crippen LogP contribution is 2.36. The molecule has 0 saturated heterocycles. The Bertz CT molecular complexity index is 598. The summed E-state index contributed by atoms with van der Waals surface area (Å²) in [6, 6.07) is 5.87. The molecule has 1 aromatic carbocycles. The van der Waals surface area contributed by atoms with Crippen molar-refractivity contribution in [1.29, 1.82) is 0 Å². The second-order valence-corrected chi connectivity index (χ2v) is 8.46. The molecule has 0 bridgehead atoms. The van der Waals surface area contributed by atoms with E-state index in [4.69, 9.17) is 10.5 Å². The summed E-state index contributed by atoms with van der Waals surface area (Å²) in [6.07, 6.45) is 4.68. The van der Waals surface area contributed by atoms with E-state index < -0.39 is 9.84 Å². The Morgan fingerprint density at radius 2 is 2.05 bits per heavy atom. The van der Waals surface area contributed by atoms with E-state index >= 15 is 0 Å². The van der Waals surface area contributed by atoms with Crippen LogP contribution in [0.3, 0.4) is 0 Å². The fraction of sp³-hybridized carbons (Fsp3) is 0.625. The molecule has 1 saturated carbocycles. The third kappa shape index (κ3) is 3.77. The molecule has 0 radical (unpaired) electrons. The van der Waals surface area contributed by atoms with Gasteiger partial charge in [0, 0.05) is 12.3 Å². The molecule has 21 heavy (non-hydrogen) atoms. The molecule has 1 aliphatic rings. The maximum atomic E-state index is 11.8. The van der Waals surface area contributed by atoms with E-state index in [1.54, 1.807) is 7.11 Å². The first-order valence-electron chi connectivity index (χ1n) is 7.42. The molecule has 2 N–H and O–H groups in total. The predicted octanol–water partition coefficient (Wildman–Crippen LogP) is 2.61. The van der Waals surface area contributed by atoms with E-state index in [1.165, 1.54) is 6.26 Å². The van der Waals surface area contributed by atoms with Crippen molar-refractivity contribution in [3.8, 4) is 5.75 Å². The van der Waals surface area contributed by atoms with Gasteiger partial charge in [0.1, 0.15) is 15.6 Å². The van der Waals surface area contributed by atoms with E-state index in [9.17, 15) is 8.42 Å². The first-order chi connectivity index (χ1) is 9.82. The Hall–Kier alpha value is -1.07. The molecule has 0 heterocycles. The van der Waals surface area contributed by atoms with Crippen LogP contribution >= 0.6 is 0 Å². The van der Waals surface area contributed by atoms with Crippen molar-refractivity contribution >= 4 is 9.84 Å². The van der Waals surface area contributed by atoms with E-state index in [1.807, 2.05) is 25.1 Å². The van der Waals surface area contributed by atoms with Gasteiger partial charge in [0.2, 0.25) is 0 Å². The van der Waals surface area contributed by atoms with Crippen LogP contribution in [-0.4, -0.2) is 27.0 Å². The number of aryl methyl sites for hydroxylation is 1. The maximum absolute atomic E-state index is 11.8. The Labute approximate surface area is 127 Å². The topological polar surface area (TPSA) is 69.4 Å². The molecule has 3 atom stereocenters. The molecule has 0 spiro atoms. The molecule has 0 aromatic heterocycles. The Morgan fingerprint density at radius 3 is 2.67 bits per heavy atom. The Morgan fingerprint density at radius 1 is 1.33 bits per heavy atom. The molecule has 1 aromatic rings. The molecular weight excluding hydrogens is 286 g/mol. The monoisotopic (exact) mass is 311 g/mol. The summed E-state index contributed by atoms with van der Waals surface area (Å²) in [5.74, 6) is 1.05. The Kier molecular flexibility index (Phi) is 4.94. The van der Waals surface area contributed by atoms with E-state index in [0.29, 0.717) is 6.42 Å². The van der Waals surface area contributed by atoms with Gasteiger partial charge in [0.25, 0.3) is 0 Å². The van der Waals surface area contributed by atoms with Crippen LogP contribution in [0, 0.1) is 12.8 Å². The quantitative estimate of drug-likeness (QED) is 0.928. The van der Waals surface area contributed by atoms with Crippen LogP contribution in [0.4, 0.5) is 0 Å². The Balaban J connectivity index is 2.17. The zero-order valence-electron chi connectivity index (χ0n) is 13.0. The van der Waals surface area contributed by atoms with Crippen molar-refractivity contribution in [2.75, 3.05) is 13.4 Å². The molecule has 4 nitrogen and oxygen atoms in total. The maximum Gasteiger partial charge on any atom is 0.150 e. The van der Waals surface area contributed by atoms with E-state index in [0.717, 1.165) is 36.1 Å². The summed E-state index contributed by atoms with van der Waals surface area (Å²) >= 11 is 0. The van der Waals surface area contributed by atoms with Gasteiger partial charge >= 0.3 is 0 Å². The molecule has 5 heteroatoms. The minimum absolute atomic E-state index is 0.135. The number of nitrogens with two attached hydrogens (primary N) is 1. The van der Waals surface area contributed by atoms with Gasteiger partial charge < -0.3 is 10.5 Å². The number of methoxy groups -OCH3 is 1. The number of sulfone groups is 1. The van der Waals surface area contributed by atoms with E-state index in [2.05, 4.69) is 0 Å². The van der Waals surface area contributed by atoms with Gasteiger partial charge in [-0.25, -0.2) is 8.42 Å². The zero-order chi connectivity index (χ0) is 15.6. The second-order valence-electron chi connectivity index (χ2n) is 6.13. The summed E-state index contributed by atoms with van der Waals surface area (Å²) in [5, 5.41) is -0.241. The highest BCUT2D eigenvalue weighted by Gasteiger charge is 2.32. The molecule has 3 unspecified atom stereocenters. The first-order valence-corrected chi connectivity index (χ1v) is 9.37. The lowest BCUT2D eigenvalue weighted by atomic mass is 9.81. The smallest absolute Gasteiger partial charge is 0.150 e. The highest BCUT2D eigenvalue weighted by molar-refractivity contribution is 7.91. The summed E-state index contributed by atoms with van der Waals surface area (Å²) in [6.45, 7) is 1.99. The average Bonchev–Trinajstić information content (AvgIpc) is 2.46. The standard InChI is InChI=1S/C16H25NO3S/c1-11-7-8-13(10-15(11)20-2)16(17)12-5-4-6-14(9-12)21(3,18)19/h7-8,10,12,14,16H,4-6,9,17H2,1-3H3. The van der Waals surface area contributed by atoms with Crippen LogP contribution in [0.1, 0.15) is 42.9 Å². The summed E-state index contributed by atoms with van der Waals surface area (Å²) in [4.78, 5) is 0. The van der Waals surface area contributed by atoms with Gasteiger partial charge in [-0.05, 0) is 49.3 Å². The van der Waals surface area contributed by atoms with E-state index in [-0.39, 0.29) is 17.2 Å². The SMILES string of the molecule is COc1cc(C(N)C2CCCC(S(C)(=O)=O)C2)ccc1C. The lowest BCUT2D eigenvalue weighted by Crippen LogP contribution is -2.33. The largest absolute Gasteiger partial charge is 0.496 e. The van der Waals surface area contributed by atoms with Crippen LogP contribution in [0.25, 0.3) is 0 Å². The van der Waals surface area contributed by atoms with Crippen LogP contribution in [0.5, 0.6) is 5.75 Å². The van der Waals surface area contributed by atoms with Crippen LogP contribution < -0.4 is 10.5 Å². The number of rotatable bonds is 4. The second kappa shape index (κ2) is 6.36. The number of ether oxygens (including phenoxy) is 1. The number of hydrogen-bond donors (Lipinski definition) is 1. The van der Waals surface area contributed by atoms with Gasteiger partial charge in [-0.2, -0.15) is 0 Å². The van der Waals surface area contributed by atoms with Crippen molar-refractivity contribution in [2.24, 2.45) is 11.7 Å². The van der Waals surface area contributed by atoms with Gasteiger partial charge in [0.05, 0.1) is 12.4 Å². The minimum atomic E-state index is -2.97. The molecule has 0 aliphatic heterocycles. The van der Waals surface area contributed by atoms with Gasteiger partial charge in [-0.3, -0.25) is 0 Å². The van der Waals surface area contributed by atoms with Crippen LogP contribution in [0.2, 0.25) is 0 Å². The van der Waals surface area contributed by atoms with Crippen LogP contribution in [0.15, 0.2) is 18.2 Å². The van der Waals surface area contributed by atoms with Crippen molar-refractivity contribution in [2.45, 2.75) is 43.9 Å². The van der Waals surface area contributed by atoms with Gasteiger partial charge in [0.15, 0.2) is 0 Å². The van der Waals surface area contributed by atoms with Crippen molar-refractivity contribution in [1.82, 2.24) is 0 Å². The van der Waals surface area contributed by atoms with Crippen molar-refractivity contribution in [3.63, 3.8) is 0 Å². The third-order valence-corrected chi connectivity index (χ3v) is 6.24. The molecule has 2 rings (SSSR count). The molecular formula is C16H25NO3S. The molecule has 1 fully saturated rings. The first kappa shape index (κ1) is 16.3. The van der Waals surface area contributed by atoms with Crippen LogP contribution in [-0.2, 0) is 9.84 Å². The van der Waals surface area contributed by atoms with Crippen molar-refractivity contribution < 1.29 is 13.2 Å². The fourth-order valence-corrected chi connectivity index (χ4v) is 4.40. The lowest BCUT2D eigenvalue weighted by Gasteiger charge is -2.32. The number of hydrogen-bond acceptors (Lipinski definition) is 4. The fourth-order valence-electron chi connectivity index (χ4n) is 3.21. The summed E-state index contributed by atoms with van der Waals surface area (Å²) in [7, 11) is -1.32. The number of benzene rings is 1. The molecule has 118 valence electrons. The lowest BCUT2D eigenvalue weighted by molar-refractivity contribution is 0.308. The predicted molar refractivity (Wildman–Crippen MR) is 85.2 cm³/mol.